The summed E-state index contributed by atoms with van der Waals surface area (Å²) in [6.45, 7) is 3.61. The molecule has 2 heterocycles. The van der Waals surface area contributed by atoms with Crippen molar-refractivity contribution in [3.05, 3.63) is 101 Å². The Labute approximate surface area is 204 Å². The van der Waals surface area contributed by atoms with E-state index in [4.69, 9.17) is 4.42 Å². The van der Waals surface area contributed by atoms with Crippen molar-refractivity contribution < 1.29 is 27.2 Å². The Bertz CT molecular complexity index is 1420. The molecule has 0 bridgehead atoms. The Kier molecular flexibility index (Phi) is 6.77. The molecule has 0 atom stereocenters. The molecule has 2 aromatic carbocycles. The molecule has 2 amide bonds. The minimum atomic E-state index is -4.78. The molecule has 0 aliphatic carbocycles. The van der Waals surface area contributed by atoms with Crippen molar-refractivity contribution in [1.29, 1.82) is 0 Å². The zero-order chi connectivity index (χ0) is 25.9. The number of halogens is 3. The minimum Gasteiger partial charge on any atom is -0.459 e. The summed E-state index contributed by atoms with van der Waals surface area (Å²) in [6, 6.07) is 15.4. The molecule has 0 fully saturated rings. The Morgan fingerprint density at radius 2 is 1.75 bits per heavy atom. The summed E-state index contributed by atoms with van der Waals surface area (Å²) in [6.07, 6.45) is -0.837. The van der Waals surface area contributed by atoms with Gasteiger partial charge >= 0.3 is 6.18 Å². The van der Waals surface area contributed by atoms with Gasteiger partial charge in [0.05, 0.1) is 28.9 Å². The fraction of sp³-hybridized carbons (Fsp3) is 0.115. The van der Waals surface area contributed by atoms with Gasteiger partial charge in [-0.2, -0.15) is 18.3 Å². The first-order valence-electron chi connectivity index (χ1n) is 10.8. The number of rotatable bonds is 6. The summed E-state index contributed by atoms with van der Waals surface area (Å²) in [7, 11) is 0. The zero-order valence-corrected chi connectivity index (χ0v) is 19.3. The van der Waals surface area contributed by atoms with Crippen LogP contribution < -0.4 is 10.6 Å². The van der Waals surface area contributed by atoms with Crippen molar-refractivity contribution >= 4 is 29.3 Å². The second-order valence-electron chi connectivity index (χ2n) is 7.84. The fourth-order valence-corrected chi connectivity index (χ4v) is 3.62. The Morgan fingerprint density at radius 3 is 2.42 bits per heavy atom. The third-order valence-electron chi connectivity index (χ3n) is 5.34. The molecule has 0 aliphatic heterocycles. The van der Waals surface area contributed by atoms with E-state index in [0.717, 1.165) is 29.6 Å². The lowest BCUT2D eigenvalue weighted by Crippen LogP contribution is -2.16. The number of nitrogens with one attached hydrogen (secondary N) is 2. The second-order valence-corrected chi connectivity index (χ2v) is 7.84. The van der Waals surface area contributed by atoms with Crippen LogP contribution in [0.5, 0.6) is 0 Å². The van der Waals surface area contributed by atoms with Crippen molar-refractivity contribution in [2.24, 2.45) is 0 Å². The lowest BCUT2D eigenvalue weighted by atomic mass is 10.1. The number of aromatic nitrogens is 2. The Hall–Kier alpha value is -4.60. The molecular weight excluding hydrogens is 473 g/mol. The molecule has 0 radical (unpaired) electrons. The first-order chi connectivity index (χ1) is 17.1. The maximum absolute atomic E-state index is 13.7. The number of alkyl halides is 3. The van der Waals surface area contributed by atoms with E-state index < -0.39 is 29.2 Å². The molecule has 0 spiro atoms. The lowest BCUT2D eigenvalue weighted by molar-refractivity contribution is -0.136. The van der Waals surface area contributed by atoms with E-state index in [9.17, 15) is 22.8 Å². The van der Waals surface area contributed by atoms with Crippen LogP contribution in [0.4, 0.5) is 24.5 Å². The van der Waals surface area contributed by atoms with Crippen molar-refractivity contribution in [2.45, 2.75) is 20.0 Å². The molecule has 184 valence electrons. The molecule has 10 heteroatoms. The van der Waals surface area contributed by atoms with Crippen LogP contribution in [0.3, 0.4) is 0 Å². The molecule has 2 aromatic heterocycles. The largest absolute Gasteiger partial charge is 0.459 e. The lowest BCUT2D eigenvalue weighted by Gasteiger charge is -2.15. The van der Waals surface area contributed by atoms with Crippen LogP contribution in [0, 0.1) is 13.8 Å². The average Bonchev–Trinajstić information content (AvgIpc) is 3.47. The number of carbonyl (C=O) groups excluding carboxylic acids is 2. The maximum Gasteiger partial charge on any atom is 0.418 e. The van der Waals surface area contributed by atoms with E-state index in [2.05, 4.69) is 15.7 Å². The molecule has 4 aromatic rings. The van der Waals surface area contributed by atoms with Gasteiger partial charge < -0.3 is 15.1 Å². The van der Waals surface area contributed by atoms with Gasteiger partial charge in [-0.25, -0.2) is 4.68 Å². The quantitative estimate of drug-likeness (QED) is 0.322. The SMILES string of the molecule is Cc1nn(-c2ccccc2)c(C)c1/C=C/C(=O)Nc1ccc(NC(=O)c2ccco2)cc1C(F)(F)F. The van der Waals surface area contributed by atoms with Gasteiger partial charge in [0, 0.05) is 23.0 Å². The molecule has 7 nitrogen and oxygen atoms in total. The number of furan rings is 1. The maximum atomic E-state index is 13.7. The van der Waals surface area contributed by atoms with Gasteiger partial charge in [-0.3, -0.25) is 9.59 Å². The molecule has 0 aliphatic rings. The smallest absolute Gasteiger partial charge is 0.418 e. The highest BCUT2D eigenvalue weighted by Crippen LogP contribution is 2.36. The van der Waals surface area contributed by atoms with Crippen molar-refractivity contribution in [3.63, 3.8) is 0 Å². The summed E-state index contributed by atoms with van der Waals surface area (Å²) in [5.74, 6) is -1.50. The van der Waals surface area contributed by atoms with E-state index in [0.29, 0.717) is 11.3 Å². The number of hydrogen-bond acceptors (Lipinski definition) is 4. The third kappa shape index (κ3) is 5.38. The van der Waals surface area contributed by atoms with Crippen LogP contribution in [0.25, 0.3) is 11.8 Å². The summed E-state index contributed by atoms with van der Waals surface area (Å²) in [4.78, 5) is 24.6. The highest BCUT2D eigenvalue weighted by atomic mass is 19.4. The molecule has 36 heavy (non-hydrogen) atoms. The molecular formula is C26H21F3N4O3. The number of hydrogen-bond donors (Lipinski definition) is 2. The van der Waals surface area contributed by atoms with E-state index in [-0.39, 0.29) is 11.4 Å². The number of aryl methyl sites for hydroxylation is 1. The fourth-order valence-electron chi connectivity index (χ4n) is 3.62. The molecule has 4 rings (SSSR count). The highest BCUT2D eigenvalue weighted by Gasteiger charge is 2.34. The number of carbonyl (C=O) groups is 2. The monoisotopic (exact) mass is 494 g/mol. The number of anilines is 2. The van der Waals surface area contributed by atoms with Gasteiger partial charge in [-0.1, -0.05) is 18.2 Å². The van der Waals surface area contributed by atoms with E-state index in [1.165, 1.54) is 30.5 Å². The van der Waals surface area contributed by atoms with Crippen LogP contribution in [-0.2, 0) is 11.0 Å². The van der Waals surface area contributed by atoms with Crippen LogP contribution in [-0.4, -0.2) is 21.6 Å². The van der Waals surface area contributed by atoms with Crippen LogP contribution in [0.15, 0.2) is 77.4 Å². The van der Waals surface area contributed by atoms with E-state index in [1.54, 1.807) is 11.6 Å². The predicted octanol–water partition coefficient (Wildman–Crippen LogP) is 6.01. The number of nitrogens with zero attached hydrogens (tertiary/aromatic N) is 2. The Morgan fingerprint density at radius 1 is 1.00 bits per heavy atom. The normalized spacial score (nSPS) is 11.6. The predicted molar refractivity (Wildman–Crippen MR) is 129 cm³/mol. The standard InChI is InChI=1S/C26H21F3N4O3/c1-16-20(17(2)33(32-16)19-7-4-3-5-8-19)11-13-24(34)31-22-12-10-18(15-21(22)26(27,28)29)30-25(35)23-9-6-14-36-23/h3-15H,1-2H3,(H,30,35)(H,31,34)/b13-11+. The highest BCUT2D eigenvalue weighted by molar-refractivity contribution is 6.04. The van der Waals surface area contributed by atoms with Crippen molar-refractivity contribution in [3.8, 4) is 5.69 Å². The van der Waals surface area contributed by atoms with Gasteiger partial charge in [-0.15, -0.1) is 0 Å². The summed E-state index contributed by atoms with van der Waals surface area (Å²) in [5, 5.41) is 9.10. The number of para-hydroxylation sites is 1. The molecule has 0 unspecified atom stereocenters. The number of benzene rings is 2. The zero-order valence-electron chi connectivity index (χ0n) is 19.3. The molecule has 0 saturated carbocycles. The van der Waals surface area contributed by atoms with E-state index >= 15 is 0 Å². The van der Waals surface area contributed by atoms with Crippen molar-refractivity contribution in [2.75, 3.05) is 10.6 Å². The molecule has 0 saturated heterocycles. The van der Waals surface area contributed by atoms with Gasteiger partial charge in [-0.05, 0) is 62.4 Å². The first kappa shape index (κ1) is 24.5. The van der Waals surface area contributed by atoms with Gasteiger partial charge in [0.1, 0.15) is 0 Å². The average molecular weight is 494 g/mol. The Balaban J connectivity index is 1.53. The van der Waals surface area contributed by atoms with Gasteiger partial charge in [0.25, 0.3) is 5.91 Å². The van der Waals surface area contributed by atoms with Gasteiger partial charge in [0.2, 0.25) is 5.91 Å². The minimum absolute atomic E-state index is 0.0488. The van der Waals surface area contributed by atoms with Crippen LogP contribution >= 0.6 is 0 Å². The summed E-state index contributed by atoms with van der Waals surface area (Å²) < 4.78 is 47.8. The number of amides is 2. The third-order valence-corrected chi connectivity index (χ3v) is 5.34. The van der Waals surface area contributed by atoms with Crippen LogP contribution in [0.1, 0.15) is 33.1 Å². The summed E-state index contributed by atoms with van der Waals surface area (Å²) >= 11 is 0. The van der Waals surface area contributed by atoms with Gasteiger partial charge in [0.15, 0.2) is 5.76 Å². The summed E-state index contributed by atoms with van der Waals surface area (Å²) in [5.41, 5.74) is 1.31. The van der Waals surface area contributed by atoms with Crippen LogP contribution in [0.2, 0.25) is 0 Å². The second kappa shape index (κ2) is 9.95. The molecule has 2 N–H and O–H groups in total. The van der Waals surface area contributed by atoms with E-state index in [1.807, 2.05) is 37.3 Å². The topological polar surface area (TPSA) is 89.2 Å². The van der Waals surface area contributed by atoms with Crippen molar-refractivity contribution in [1.82, 2.24) is 9.78 Å². The first-order valence-corrected chi connectivity index (χ1v) is 10.8.